The number of epoxide rings is 1. The van der Waals surface area contributed by atoms with Crippen molar-refractivity contribution < 1.29 is 29.0 Å². The fraction of sp³-hybridized carbons (Fsp3) is 0.700. The Morgan fingerprint density at radius 3 is 2.63 bits per heavy atom. The Morgan fingerprint density at radius 2 is 1.84 bits per heavy atom. The van der Waals surface area contributed by atoms with Crippen LogP contribution in [0.15, 0.2) is 35.6 Å². The molecule has 206 valence electrons. The quantitative estimate of drug-likeness (QED) is 0.378. The summed E-state index contributed by atoms with van der Waals surface area (Å²) in [5, 5.41) is 16.5. The van der Waals surface area contributed by atoms with E-state index in [4.69, 9.17) is 9.47 Å². The molecule has 3 saturated carbocycles. The molecule has 6 aliphatic rings. The molecule has 38 heavy (non-hydrogen) atoms. The van der Waals surface area contributed by atoms with Crippen LogP contribution in [0.5, 0.6) is 0 Å². The van der Waals surface area contributed by atoms with Crippen molar-refractivity contribution in [2.24, 2.45) is 47.3 Å². The number of hydrogen-bond donors (Lipinski definition) is 3. The third kappa shape index (κ3) is 4.24. The Kier molecular flexibility index (Phi) is 6.75. The van der Waals surface area contributed by atoms with Crippen LogP contribution in [0.2, 0.25) is 0 Å². The molecule has 2 amide bonds. The standard InChI is InChI=1S/C30H40N2O6/c1-14-12-18-19-13-16-9-10-21(33)26-27(35)20(32-30(26)36)7-5-11-31-22(34)8-4-6-17(16)24(18)28-29(38-28)25(19)23(14)15(2)37-3/h4,8-10,14-20,23-25,28-29,33H,5-7,11-13H2,1-3H3,(H,31,34)(H,32,36)/b8-4-,10-9-,26-21?/t14-,15-,16-,17+,18-,19-,20-,23-,24+,25-,28-,29+/m1/s1. The molecule has 3 heterocycles. The fourth-order valence-electron chi connectivity index (χ4n) is 9.00. The van der Waals surface area contributed by atoms with Crippen molar-refractivity contribution in [3.63, 3.8) is 0 Å². The summed E-state index contributed by atoms with van der Waals surface area (Å²) in [7, 11) is 1.80. The van der Waals surface area contributed by atoms with Crippen LogP contribution in [-0.4, -0.2) is 60.7 Å². The lowest BCUT2D eigenvalue weighted by molar-refractivity contribution is -0.118. The maximum atomic E-state index is 12.9. The number of aliphatic hydroxyl groups is 1. The van der Waals surface area contributed by atoms with E-state index < -0.39 is 11.9 Å². The van der Waals surface area contributed by atoms with Gasteiger partial charge in [0.25, 0.3) is 5.91 Å². The zero-order valence-electron chi connectivity index (χ0n) is 22.5. The van der Waals surface area contributed by atoms with Crippen molar-refractivity contribution in [3.8, 4) is 0 Å². The minimum absolute atomic E-state index is 0.134. The van der Waals surface area contributed by atoms with Gasteiger partial charge < -0.3 is 25.2 Å². The van der Waals surface area contributed by atoms with Gasteiger partial charge in [-0.1, -0.05) is 19.1 Å². The SMILES string of the molecule is CO[C@H](C)[C@@H]1[C@H]2[C@@H]3C[C@H]4/C=C\C(O)=C5C(=O)N[C@H](CCCNC(=O)/C=C\C[C@@H]4[C@@H]([C@@H]3C[C@H]1C)[C@H]1O[C@H]12)C5=O. The lowest BCUT2D eigenvalue weighted by Gasteiger charge is -2.58. The molecule has 8 heteroatoms. The van der Waals surface area contributed by atoms with E-state index in [0.29, 0.717) is 54.9 Å². The first kappa shape index (κ1) is 25.8. The number of carbonyl (C=O) groups excluding carboxylic acids is 3. The molecule has 0 spiro atoms. The number of allylic oxidation sites excluding steroid dienone is 3. The number of ketones is 1. The molecular weight excluding hydrogens is 484 g/mol. The lowest BCUT2D eigenvalue weighted by atomic mass is 9.45. The number of carbonyl (C=O) groups is 3. The molecule has 12 atom stereocenters. The molecule has 6 rings (SSSR count). The first-order valence-electron chi connectivity index (χ1n) is 14.4. The molecule has 3 aliphatic heterocycles. The van der Waals surface area contributed by atoms with Crippen molar-refractivity contribution in [2.75, 3.05) is 13.7 Å². The highest BCUT2D eigenvalue weighted by Crippen LogP contribution is 2.66. The molecule has 0 aromatic heterocycles. The monoisotopic (exact) mass is 524 g/mol. The van der Waals surface area contributed by atoms with E-state index in [1.807, 2.05) is 12.2 Å². The smallest absolute Gasteiger partial charge is 0.259 e. The van der Waals surface area contributed by atoms with Crippen LogP contribution in [0.3, 0.4) is 0 Å². The molecule has 8 nitrogen and oxygen atoms in total. The number of aliphatic hydroxyl groups excluding tert-OH is 1. The topological polar surface area (TPSA) is 117 Å². The van der Waals surface area contributed by atoms with E-state index in [2.05, 4.69) is 24.5 Å². The van der Waals surface area contributed by atoms with Crippen LogP contribution in [-0.2, 0) is 23.9 Å². The van der Waals surface area contributed by atoms with Crippen LogP contribution in [0.4, 0.5) is 0 Å². The number of rotatable bonds is 2. The Labute approximate surface area is 224 Å². The van der Waals surface area contributed by atoms with Crippen LogP contribution < -0.4 is 10.6 Å². The predicted octanol–water partition coefficient (Wildman–Crippen LogP) is 2.85. The van der Waals surface area contributed by atoms with Crippen molar-refractivity contribution in [1.82, 2.24) is 10.6 Å². The van der Waals surface area contributed by atoms with Gasteiger partial charge in [-0.05, 0) is 98.5 Å². The van der Waals surface area contributed by atoms with E-state index in [1.165, 1.54) is 0 Å². The second-order valence-corrected chi connectivity index (χ2v) is 12.4. The minimum atomic E-state index is -0.666. The highest BCUT2D eigenvalue weighted by atomic mass is 16.6. The third-order valence-electron chi connectivity index (χ3n) is 10.6. The number of ether oxygens (including phenoxy) is 2. The van der Waals surface area contributed by atoms with E-state index in [9.17, 15) is 19.5 Å². The zero-order valence-corrected chi connectivity index (χ0v) is 22.5. The predicted molar refractivity (Wildman–Crippen MR) is 140 cm³/mol. The number of nitrogens with one attached hydrogen (secondary N) is 2. The van der Waals surface area contributed by atoms with Crippen molar-refractivity contribution in [1.29, 1.82) is 0 Å². The van der Waals surface area contributed by atoms with E-state index in [0.717, 1.165) is 19.3 Å². The fourth-order valence-corrected chi connectivity index (χ4v) is 9.00. The maximum absolute atomic E-state index is 12.9. The Hall–Kier alpha value is -2.45. The molecule has 0 unspecified atom stereocenters. The van der Waals surface area contributed by atoms with Crippen molar-refractivity contribution in [3.05, 3.63) is 35.6 Å². The third-order valence-corrected chi connectivity index (χ3v) is 10.6. The van der Waals surface area contributed by atoms with Gasteiger partial charge in [0.05, 0.1) is 24.4 Å². The molecule has 2 saturated heterocycles. The van der Waals surface area contributed by atoms with Gasteiger partial charge in [0.2, 0.25) is 5.91 Å². The van der Waals surface area contributed by atoms with Crippen LogP contribution in [0.1, 0.15) is 46.0 Å². The second kappa shape index (κ2) is 9.94. The summed E-state index contributed by atoms with van der Waals surface area (Å²) in [6.45, 7) is 4.96. The van der Waals surface area contributed by atoms with Gasteiger partial charge in [-0.25, -0.2) is 0 Å². The molecule has 0 aromatic carbocycles. The average molecular weight is 525 g/mol. The molecular formula is C30H40N2O6. The maximum Gasteiger partial charge on any atom is 0.259 e. The summed E-state index contributed by atoms with van der Waals surface area (Å²) >= 11 is 0. The summed E-state index contributed by atoms with van der Waals surface area (Å²) in [6.07, 6.45) is 11.7. The van der Waals surface area contributed by atoms with Crippen LogP contribution in [0.25, 0.3) is 0 Å². The van der Waals surface area contributed by atoms with E-state index in [-0.39, 0.29) is 53.2 Å². The first-order chi connectivity index (χ1) is 18.3. The highest BCUT2D eigenvalue weighted by molar-refractivity contribution is 6.27. The summed E-state index contributed by atoms with van der Waals surface area (Å²) in [5.74, 6) is 2.01. The minimum Gasteiger partial charge on any atom is -0.507 e. The van der Waals surface area contributed by atoms with Gasteiger partial charge in [-0.15, -0.1) is 0 Å². The molecule has 0 aromatic rings. The van der Waals surface area contributed by atoms with E-state index >= 15 is 0 Å². The Morgan fingerprint density at radius 1 is 1.08 bits per heavy atom. The number of methoxy groups -OCH3 is 1. The highest BCUT2D eigenvalue weighted by Gasteiger charge is 2.68. The van der Waals surface area contributed by atoms with Crippen LogP contribution in [0, 0.1) is 47.3 Å². The number of hydrogen-bond acceptors (Lipinski definition) is 6. The van der Waals surface area contributed by atoms with Gasteiger partial charge in [0.15, 0.2) is 5.78 Å². The van der Waals surface area contributed by atoms with Gasteiger partial charge >= 0.3 is 0 Å². The molecule has 0 radical (unpaired) electrons. The summed E-state index contributed by atoms with van der Waals surface area (Å²) in [6, 6.07) is -0.666. The normalized spacial score (nSPS) is 46.8. The average Bonchev–Trinajstić information content (AvgIpc) is 3.60. The summed E-state index contributed by atoms with van der Waals surface area (Å²) in [5.41, 5.74) is -0.153. The summed E-state index contributed by atoms with van der Waals surface area (Å²) < 4.78 is 12.3. The Bertz CT molecular complexity index is 1100. The number of fused-ring (bicyclic) bond motifs is 7. The van der Waals surface area contributed by atoms with Gasteiger partial charge in [-0.3, -0.25) is 14.4 Å². The Balaban J connectivity index is 1.35. The number of Topliss-reactive ketones (excluding diaryl/α,β-unsaturated/α-hetero) is 1. The second-order valence-electron chi connectivity index (χ2n) is 12.4. The van der Waals surface area contributed by atoms with Crippen LogP contribution >= 0.6 is 0 Å². The van der Waals surface area contributed by atoms with Crippen molar-refractivity contribution >= 4 is 17.6 Å². The van der Waals surface area contributed by atoms with Crippen molar-refractivity contribution in [2.45, 2.75) is 70.3 Å². The van der Waals surface area contributed by atoms with Gasteiger partial charge in [0.1, 0.15) is 11.3 Å². The summed E-state index contributed by atoms with van der Waals surface area (Å²) in [4.78, 5) is 37.9. The molecule has 3 N–H and O–H groups in total. The van der Waals surface area contributed by atoms with Gasteiger partial charge in [0, 0.05) is 13.7 Å². The molecule has 3 aliphatic carbocycles. The largest absolute Gasteiger partial charge is 0.507 e. The van der Waals surface area contributed by atoms with E-state index in [1.54, 1.807) is 19.3 Å². The zero-order chi connectivity index (χ0) is 26.7. The number of amides is 2. The van der Waals surface area contributed by atoms with Gasteiger partial charge in [-0.2, -0.15) is 0 Å². The first-order valence-corrected chi connectivity index (χ1v) is 14.4. The lowest BCUT2D eigenvalue weighted by Crippen LogP contribution is -2.57. The molecule has 5 fully saturated rings. The molecule has 6 bridgehead atoms.